The number of rotatable bonds is 7. The van der Waals surface area contributed by atoms with E-state index in [0.29, 0.717) is 18.8 Å². The largest absolute Gasteiger partial charge is 0.269 e. The lowest BCUT2D eigenvalue weighted by Crippen LogP contribution is -2.40. The average Bonchev–Trinajstić information content (AvgIpc) is 2.91. The summed E-state index contributed by atoms with van der Waals surface area (Å²) in [6.45, 7) is 6.33. The Hall–Kier alpha value is -0.970. The van der Waals surface area contributed by atoms with Crippen molar-refractivity contribution in [2.45, 2.75) is 51.0 Å². The van der Waals surface area contributed by atoms with Gasteiger partial charge in [-0.2, -0.15) is 5.10 Å². The van der Waals surface area contributed by atoms with Gasteiger partial charge in [-0.3, -0.25) is 4.68 Å². The SMILES string of the molecule is Cc1nn(C(C)C)cc1S(=O)(=O)NCCS(=O)(=O)N1CCCCC1. The first-order chi connectivity index (χ1) is 11.1. The molecule has 0 atom stereocenters. The van der Waals surface area contributed by atoms with Crippen molar-refractivity contribution in [3.8, 4) is 0 Å². The van der Waals surface area contributed by atoms with Crippen molar-refractivity contribution in [1.29, 1.82) is 0 Å². The van der Waals surface area contributed by atoms with Gasteiger partial charge in [-0.15, -0.1) is 0 Å². The highest BCUT2D eigenvalue weighted by Gasteiger charge is 2.25. The highest BCUT2D eigenvalue weighted by molar-refractivity contribution is 7.90. The molecular formula is C14H26N4O4S2. The summed E-state index contributed by atoms with van der Waals surface area (Å²) in [6, 6.07) is 0.0483. The van der Waals surface area contributed by atoms with Crippen LogP contribution in [0.2, 0.25) is 0 Å². The first-order valence-corrected chi connectivity index (χ1v) is 11.3. The van der Waals surface area contributed by atoms with Crippen LogP contribution in [-0.4, -0.2) is 56.3 Å². The molecule has 0 aliphatic carbocycles. The molecule has 2 heterocycles. The molecule has 0 radical (unpaired) electrons. The molecule has 1 N–H and O–H groups in total. The number of hydrogen-bond donors (Lipinski definition) is 1. The molecule has 1 fully saturated rings. The summed E-state index contributed by atoms with van der Waals surface area (Å²) in [4.78, 5) is 0.0894. The number of nitrogens with zero attached hydrogens (tertiary/aromatic N) is 3. The second kappa shape index (κ2) is 7.51. The molecule has 2 rings (SSSR count). The van der Waals surface area contributed by atoms with Crippen LogP contribution in [0.25, 0.3) is 0 Å². The van der Waals surface area contributed by atoms with Crippen LogP contribution in [0.3, 0.4) is 0 Å². The summed E-state index contributed by atoms with van der Waals surface area (Å²) < 4.78 is 54.6. The van der Waals surface area contributed by atoms with E-state index in [1.165, 1.54) is 10.5 Å². The third kappa shape index (κ3) is 4.56. The molecule has 8 nitrogen and oxygen atoms in total. The normalized spacial score (nSPS) is 17.5. The van der Waals surface area contributed by atoms with Gasteiger partial charge in [0, 0.05) is 31.9 Å². The van der Waals surface area contributed by atoms with Gasteiger partial charge in [0.1, 0.15) is 4.90 Å². The molecular weight excluding hydrogens is 352 g/mol. The monoisotopic (exact) mass is 378 g/mol. The van der Waals surface area contributed by atoms with Gasteiger partial charge in [-0.1, -0.05) is 6.42 Å². The van der Waals surface area contributed by atoms with Crippen molar-refractivity contribution in [2.75, 3.05) is 25.4 Å². The third-order valence-corrected chi connectivity index (χ3v) is 7.49. The zero-order valence-corrected chi connectivity index (χ0v) is 16.0. The molecule has 24 heavy (non-hydrogen) atoms. The second-order valence-electron chi connectivity index (χ2n) is 6.33. The molecule has 1 aromatic heterocycles. The van der Waals surface area contributed by atoms with Gasteiger partial charge in [-0.25, -0.2) is 25.9 Å². The van der Waals surface area contributed by atoms with E-state index in [1.807, 2.05) is 13.8 Å². The van der Waals surface area contributed by atoms with Gasteiger partial charge in [0.05, 0.1) is 11.4 Å². The van der Waals surface area contributed by atoms with E-state index < -0.39 is 20.0 Å². The van der Waals surface area contributed by atoms with Crippen LogP contribution in [0.4, 0.5) is 0 Å². The van der Waals surface area contributed by atoms with E-state index in [9.17, 15) is 16.8 Å². The number of sulfonamides is 2. The van der Waals surface area contributed by atoms with Crippen LogP contribution in [0.5, 0.6) is 0 Å². The summed E-state index contributed by atoms with van der Waals surface area (Å²) in [7, 11) is -7.19. The first kappa shape index (κ1) is 19.4. The molecule has 1 aliphatic rings. The lowest BCUT2D eigenvalue weighted by atomic mass is 10.2. The topological polar surface area (TPSA) is 101 Å². The average molecular weight is 379 g/mol. The summed E-state index contributed by atoms with van der Waals surface area (Å²) in [5.74, 6) is -0.233. The fourth-order valence-corrected chi connectivity index (χ4v) is 5.41. The van der Waals surface area contributed by atoms with Gasteiger partial charge in [0.25, 0.3) is 0 Å². The van der Waals surface area contributed by atoms with Crippen molar-refractivity contribution in [2.24, 2.45) is 0 Å². The molecule has 1 aliphatic heterocycles. The van der Waals surface area contributed by atoms with Crippen molar-refractivity contribution in [3.63, 3.8) is 0 Å². The molecule has 1 saturated heterocycles. The van der Waals surface area contributed by atoms with E-state index in [4.69, 9.17) is 0 Å². The maximum absolute atomic E-state index is 12.4. The predicted octanol–water partition coefficient (Wildman–Crippen LogP) is 0.866. The Morgan fingerprint density at radius 2 is 1.79 bits per heavy atom. The van der Waals surface area contributed by atoms with Crippen LogP contribution in [-0.2, 0) is 20.0 Å². The number of piperidine rings is 1. The van der Waals surface area contributed by atoms with Gasteiger partial charge in [-0.05, 0) is 33.6 Å². The number of aromatic nitrogens is 2. The summed E-state index contributed by atoms with van der Waals surface area (Å²) in [5, 5.41) is 4.18. The Labute approximate surface area is 144 Å². The van der Waals surface area contributed by atoms with Gasteiger partial charge < -0.3 is 0 Å². The van der Waals surface area contributed by atoms with E-state index in [1.54, 1.807) is 11.6 Å². The summed E-state index contributed by atoms with van der Waals surface area (Å²) in [5.41, 5.74) is 0.398. The molecule has 0 spiro atoms. The van der Waals surface area contributed by atoms with E-state index in [-0.39, 0.29) is 23.2 Å². The fraction of sp³-hybridized carbons (Fsp3) is 0.786. The van der Waals surface area contributed by atoms with Crippen molar-refractivity contribution >= 4 is 20.0 Å². The zero-order chi connectivity index (χ0) is 18.0. The van der Waals surface area contributed by atoms with Gasteiger partial charge >= 0.3 is 0 Å². The molecule has 0 aromatic carbocycles. The molecule has 1 aromatic rings. The minimum Gasteiger partial charge on any atom is -0.269 e. The highest BCUT2D eigenvalue weighted by Crippen LogP contribution is 2.16. The van der Waals surface area contributed by atoms with Gasteiger partial charge in [0.2, 0.25) is 20.0 Å². The smallest absolute Gasteiger partial charge is 0.243 e. The van der Waals surface area contributed by atoms with E-state index in [2.05, 4.69) is 9.82 Å². The van der Waals surface area contributed by atoms with E-state index >= 15 is 0 Å². The maximum Gasteiger partial charge on any atom is 0.243 e. The predicted molar refractivity (Wildman–Crippen MR) is 91.7 cm³/mol. The fourth-order valence-electron chi connectivity index (χ4n) is 2.65. The van der Waals surface area contributed by atoms with Crippen LogP contribution in [0.1, 0.15) is 44.8 Å². The van der Waals surface area contributed by atoms with Crippen LogP contribution in [0.15, 0.2) is 11.1 Å². The Morgan fingerprint density at radius 1 is 1.17 bits per heavy atom. The van der Waals surface area contributed by atoms with E-state index in [0.717, 1.165) is 19.3 Å². The Bertz CT molecular complexity index is 763. The lowest BCUT2D eigenvalue weighted by molar-refractivity contribution is 0.346. The Kier molecular flexibility index (Phi) is 6.05. The molecule has 138 valence electrons. The van der Waals surface area contributed by atoms with Crippen LogP contribution in [0, 0.1) is 6.92 Å². The lowest BCUT2D eigenvalue weighted by Gasteiger charge is -2.25. The summed E-state index contributed by atoms with van der Waals surface area (Å²) >= 11 is 0. The standard InChI is InChI=1S/C14H26N4O4S2/c1-12(2)18-11-14(13(3)16-18)24(21,22)15-7-10-23(19,20)17-8-5-4-6-9-17/h11-12,15H,4-10H2,1-3H3. The molecule has 0 amide bonds. The quantitative estimate of drug-likeness (QED) is 0.758. The van der Waals surface area contributed by atoms with Crippen molar-refractivity contribution in [3.05, 3.63) is 11.9 Å². The minimum atomic E-state index is -3.77. The number of hydrogen-bond acceptors (Lipinski definition) is 5. The highest BCUT2D eigenvalue weighted by atomic mass is 32.2. The third-order valence-electron chi connectivity index (χ3n) is 4.05. The second-order valence-corrected chi connectivity index (χ2v) is 10.1. The van der Waals surface area contributed by atoms with Gasteiger partial charge in [0.15, 0.2) is 0 Å². The number of aryl methyl sites for hydroxylation is 1. The molecule has 0 bridgehead atoms. The number of nitrogens with one attached hydrogen (secondary N) is 1. The molecule has 0 saturated carbocycles. The maximum atomic E-state index is 12.4. The van der Waals surface area contributed by atoms with Crippen molar-refractivity contribution in [1.82, 2.24) is 18.8 Å². The van der Waals surface area contributed by atoms with Crippen molar-refractivity contribution < 1.29 is 16.8 Å². The summed E-state index contributed by atoms with van der Waals surface area (Å²) in [6.07, 6.45) is 4.23. The Balaban J connectivity index is 2.00. The zero-order valence-electron chi connectivity index (χ0n) is 14.4. The first-order valence-electron chi connectivity index (χ1n) is 8.17. The molecule has 0 unspecified atom stereocenters. The van der Waals surface area contributed by atoms with Crippen LogP contribution >= 0.6 is 0 Å². The minimum absolute atomic E-state index is 0.0483. The van der Waals surface area contributed by atoms with Crippen LogP contribution < -0.4 is 4.72 Å². The Morgan fingerprint density at radius 3 is 2.33 bits per heavy atom. The molecule has 10 heteroatoms.